The van der Waals surface area contributed by atoms with Crippen molar-refractivity contribution in [1.29, 1.82) is 0 Å². The molecule has 1 saturated heterocycles. The van der Waals surface area contributed by atoms with Crippen molar-refractivity contribution in [3.63, 3.8) is 0 Å². The van der Waals surface area contributed by atoms with Crippen molar-refractivity contribution in [2.75, 3.05) is 19.7 Å². The summed E-state index contributed by atoms with van der Waals surface area (Å²) in [6, 6.07) is 0.145. The van der Waals surface area contributed by atoms with E-state index in [2.05, 4.69) is 24.5 Å². The van der Waals surface area contributed by atoms with E-state index in [1.165, 1.54) is 89.9 Å². The number of rotatable bonds is 19. The van der Waals surface area contributed by atoms with Gasteiger partial charge in [0.05, 0.1) is 18.8 Å². The standard InChI is InChI=1S/C25H50N2O2/c1-3-5-6-7-8-9-10-11-12-13-14-15-16-17-18-19-25(28)27-23(4-2)24-22-26-20-21-29-24/h23-24,26H,3-22H2,1-2H3,(H,27,28)/t23-,24+/m1/s1. The summed E-state index contributed by atoms with van der Waals surface area (Å²) in [5, 5.41) is 6.53. The van der Waals surface area contributed by atoms with Gasteiger partial charge in [-0.25, -0.2) is 0 Å². The maximum Gasteiger partial charge on any atom is 0.220 e. The van der Waals surface area contributed by atoms with Crippen LogP contribution in [0.1, 0.15) is 123 Å². The second kappa shape index (κ2) is 19.4. The maximum absolute atomic E-state index is 12.2. The van der Waals surface area contributed by atoms with Crippen LogP contribution in [-0.2, 0) is 9.53 Å². The Morgan fingerprint density at radius 3 is 1.83 bits per heavy atom. The fourth-order valence-corrected chi connectivity index (χ4v) is 4.24. The number of hydrogen-bond donors (Lipinski definition) is 2. The number of carbonyl (C=O) groups excluding carboxylic acids is 1. The van der Waals surface area contributed by atoms with E-state index in [-0.39, 0.29) is 18.1 Å². The van der Waals surface area contributed by atoms with E-state index in [0.29, 0.717) is 6.42 Å². The molecule has 1 aliphatic heterocycles. The molecule has 4 heteroatoms. The van der Waals surface area contributed by atoms with E-state index < -0.39 is 0 Å². The van der Waals surface area contributed by atoms with Crippen LogP contribution in [0.25, 0.3) is 0 Å². The number of morpholine rings is 1. The molecule has 2 atom stereocenters. The smallest absolute Gasteiger partial charge is 0.220 e. The van der Waals surface area contributed by atoms with Gasteiger partial charge in [0.2, 0.25) is 5.91 Å². The number of amides is 1. The molecular weight excluding hydrogens is 360 g/mol. The van der Waals surface area contributed by atoms with E-state index in [4.69, 9.17) is 4.74 Å². The molecule has 0 radical (unpaired) electrons. The molecule has 0 unspecified atom stereocenters. The van der Waals surface area contributed by atoms with E-state index in [9.17, 15) is 4.79 Å². The van der Waals surface area contributed by atoms with Gasteiger partial charge in [0.15, 0.2) is 0 Å². The van der Waals surface area contributed by atoms with Gasteiger partial charge in [0.25, 0.3) is 0 Å². The highest BCUT2D eigenvalue weighted by molar-refractivity contribution is 5.76. The number of ether oxygens (including phenoxy) is 1. The molecule has 0 bridgehead atoms. The van der Waals surface area contributed by atoms with Crippen LogP contribution in [0.15, 0.2) is 0 Å². The fraction of sp³-hybridized carbons (Fsp3) is 0.960. The van der Waals surface area contributed by atoms with Gasteiger partial charge < -0.3 is 15.4 Å². The first-order valence-electron chi connectivity index (χ1n) is 12.9. The molecular formula is C25H50N2O2. The topological polar surface area (TPSA) is 50.4 Å². The van der Waals surface area contributed by atoms with Gasteiger partial charge >= 0.3 is 0 Å². The lowest BCUT2D eigenvalue weighted by molar-refractivity contribution is -0.123. The molecule has 1 aliphatic rings. The number of unbranched alkanes of at least 4 members (excludes halogenated alkanes) is 14. The average Bonchev–Trinajstić information content (AvgIpc) is 2.75. The zero-order chi connectivity index (χ0) is 21.0. The maximum atomic E-state index is 12.2. The molecule has 0 saturated carbocycles. The minimum absolute atomic E-state index is 0.124. The summed E-state index contributed by atoms with van der Waals surface area (Å²) in [7, 11) is 0. The lowest BCUT2D eigenvalue weighted by Crippen LogP contribution is -2.51. The predicted molar refractivity (Wildman–Crippen MR) is 124 cm³/mol. The van der Waals surface area contributed by atoms with Gasteiger partial charge in [-0.1, -0.05) is 104 Å². The van der Waals surface area contributed by atoms with Crippen molar-refractivity contribution in [2.45, 2.75) is 135 Å². The van der Waals surface area contributed by atoms with Gasteiger partial charge in [-0.2, -0.15) is 0 Å². The summed E-state index contributed by atoms with van der Waals surface area (Å²) < 4.78 is 5.79. The van der Waals surface area contributed by atoms with Gasteiger partial charge in [0.1, 0.15) is 0 Å². The third kappa shape index (κ3) is 14.9. The molecule has 1 heterocycles. The normalized spacial score (nSPS) is 17.9. The Hall–Kier alpha value is -0.610. The number of hydrogen-bond acceptors (Lipinski definition) is 3. The van der Waals surface area contributed by atoms with Crippen molar-refractivity contribution in [3.8, 4) is 0 Å². The highest BCUT2D eigenvalue weighted by Crippen LogP contribution is 2.14. The van der Waals surface area contributed by atoms with Crippen LogP contribution in [0.2, 0.25) is 0 Å². The van der Waals surface area contributed by atoms with Gasteiger partial charge in [0, 0.05) is 19.5 Å². The summed E-state index contributed by atoms with van der Waals surface area (Å²) in [4.78, 5) is 12.2. The van der Waals surface area contributed by atoms with Crippen LogP contribution in [-0.4, -0.2) is 37.7 Å². The first-order chi connectivity index (χ1) is 14.3. The number of carbonyl (C=O) groups is 1. The predicted octanol–water partition coefficient (Wildman–Crippen LogP) is 6.13. The molecule has 29 heavy (non-hydrogen) atoms. The van der Waals surface area contributed by atoms with Crippen LogP contribution >= 0.6 is 0 Å². The molecule has 1 rings (SSSR count). The summed E-state index contributed by atoms with van der Waals surface area (Å²) in [6.45, 7) is 6.91. The summed E-state index contributed by atoms with van der Waals surface area (Å²) in [6.07, 6.45) is 22.1. The molecule has 0 aromatic heterocycles. The van der Waals surface area contributed by atoms with Gasteiger partial charge in [-0.05, 0) is 12.8 Å². The van der Waals surface area contributed by atoms with Crippen molar-refractivity contribution < 1.29 is 9.53 Å². The second-order valence-electron chi connectivity index (χ2n) is 8.90. The van der Waals surface area contributed by atoms with E-state index in [1.807, 2.05) is 0 Å². The number of nitrogens with one attached hydrogen (secondary N) is 2. The molecule has 0 aromatic rings. The van der Waals surface area contributed by atoms with Crippen molar-refractivity contribution in [1.82, 2.24) is 10.6 Å². The highest BCUT2D eigenvalue weighted by atomic mass is 16.5. The van der Waals surface area contributed by atoms with Crippen molar-refractivity contribution in [3.05, 3.63) is 0 Å². The van der Waals surface area contributed by atoms with Gasteiger partial charge in [-0.3, -0.25) is 4.79 Å². The first-order valence-corrected chi connectivity index (χ1v) is 12.9. The van der Waals surface area contributed by atoms with Crippen molar-refractivity contribution >= 4 is 5.91 Å². The Bertz CT molecular complexity index is 370. The zero-order valence-corrected chi connectivity index (χ0v) is 19.6. The lowest BCUT2D eigenvalue weighted by atomic mass is 10.0. The third-order valence-electron chi connectivity index (χ3n) is 6.20. The lowest BCUT2D eigenvalue weighted by Gasteiger charge is -2.31. The highest BCUT2D eigenvalue weighted by Gasteiger charge is 2.24. The summed E-state index contributed by atoms with van der Waals surface area (Å²) >= 11 is 0. The fourth-order valence-electron chi connectivity index (χ4n) is 4.24. The van der Waals surface area contributed by atoms with Crippen LogP contribution in [0.3, 0.4) is 0 Å². The van der Waals surface area contributed by atoms with E-state index in [0.717, 1.165) is 32.5 Å². The Morgan fingerprint density at radius 2 is 1.38 bits per heavy atom. The van der Waals surface area contributed by atoms with Gasteiger partial charge in [-0.15, -0.1) is 0 Å². The van der Waals surface area contributed by atoms with Crippen molar-refractivity contribution in [2.24, 2.45) is 0 Å². The third-order valence-corrected chi connectivity index (χ3v) is 6.20. The molecule has 0 aliphatic carbocycles. The summed E-state index contributed by atoms with van der Waals surface area (Å²) in [5.74, 6) is 0.195. The molecule has 0 aromatic carbocycles. The Kier molecular flexibility index (Phi) is 17.6. The first kappa shape index (κ1) is 26.4. The molecule has 172 valence electrons. The summed E-state index contributed by atoms with van der Waals surface area (Å²) in [5.41, 5.74) is 0. The Morgan fingerprint density at radius 1 is 0.862 bits per heavy atom. The largest absolute Gasteiger partial charge is 0.373 e. The zero-order valence-electron chi connectivity index (χ0n) is 19.6. The SMILES string of the molecule is CCCCCCCCCCCCCCCCCC(=O)N[C@H](CC)[C@@H]1CNCCO1. The molecule has 1 amide bonds. The Labute approximate surface area is 181 Å². The molecule has 0 spiro atoms. The molecule has 4 nitrogen and oxygen atoms in total. The average molecular weight is 411 g/mol. The minimum Gasteiger partial charge on any atom is -0.373 e. The van der Waals surface area contributed by atoms with Crippen LogP contribution in [0, 0.1) is 0 Å². The van der Waals surface area contributed by atoms with E-state index >= 15 is 0 Å². The van der Waals surface area contributed by atoms with Crippen LogP contribution in [0.5, 0.6) is 0 Å². The molecule has 2 N–H and O–H groups in total. The van der Waals surface area contributed by atoms with E-state index in [1.54, 1.807) is 0 Å². The van der Waals surface area contributed by atoms with Crippen LogP contribution in [0.4, 0.5) is 0 Å². The second-order valence-corrected chi connectivity index (χ2v) is 8.90. The molecule has 1 fully saturated rings. The Balaban J connectivity index is 1.84. The van der Waals surface area contributed by atoms with Crippen LogP contribution < -0.4 is 10.6 Å². The minimum atomic E-state index is 0.124. The monoisotopic (exact) mass is 410 g/mol. The quantitative estimate of drug-likeness (QED) is 0.252.